The van der Waals surface area contributed by atoms with Crippen molar-refractivity contribution in [2.24, 2.45) is 5.92 Å². The fourth-order valence-corrected chi connectivity index (χ4v) is 4.16. The normalized spacial score (nSPS) is 21.9. The van der Waals surface area contributed by atoms with Crippen LogP contribution in [0, 0.1) is 11.7 Å². The second-order valence-electron chi connectivity index (χ2n) is 7.41. The zero-order valence-electron chi connectivity index (χ0n) is 15.2. The molecular weight excluding hydrogens is 349 g/mol. The number of benzene rings is 1. The van der Waals surface area contributed by atoms with Crippen LogP contribution < -0.4 is 0 Å². The zero-order chi connectivity index (χ0) is 19.1. The maximum absolute atomic E-state index is 14.3. The third kappa shape index (κ3) is 3.01. The monoisotopic (exact) mass is 371 g/mol. The molecule has 1 N–H and O–H groups in total. The van der Waals surface area contributed by atoms with Crippen molar-refractivity contribution in [2.75, 3.05) is 6.54 Å². The average molecular weight is 371 g/mol. The summed E-state index contributed by atoms with van der Waals surface area (Å²) in [6.45, 7) is 2.13. The number of hydrogen-bond acceptors (Lipinski definition) is 3. The average Bonchev–Trinajstić information content (AvgIpc) is 3.24. The molecule has 2 heterocycles. The van der Waals surface area contributed by atoms with E-state index >= 15 is 0 Å². The van der Waals surface area contributed by atoms with E-state index in [-0.39, 0.29) is 24.3 Å². The van der Waals surface area contributed by atoms with Crippen LogP contribution in [0.4, 0.5) is 4.39 Å². The summed E-state index contributed by atoms with van der Waals surface area (Å²) >= 11 is 0. The van der Waals surface area contributed by atoms with Gasteiger partial charge in [0.15, 0.2) is 5.69 Å². The summed E-state index contributed by atoms with van der Waals surface area (Å²) in [4.78, 5) is 26.2. The molecule has 2 atom stereocenters. The fourth-order valence-electron chi connectivity index (χ4n) is 4.16. The van der Waals surface area contributed by atoms with Gasteiger partial charge < -0.3 is 10.0 Å². The van der Waals surface area contributed by atoms with Crippen LogP contribution in [0.3, 0.4) is 0 Å². The minimum Gasteiger partial charge on any atom is -0.481 e. The van der Waals surface area contributed by atoms with Crippen molar-refractivity contribution in [3.63, 3.8) is 0 Å². The van der Waals surface area contributed by atoms with E-state index in [4.69, 9.17) is 0 Å². The molecule has 142 valence electrons. The predicted octanol–water partition coefficient (Wildman–Crippen LogP) is 2.83. The van der Waals surface area contributed by atoms with Crippen LogP contribution >= 0.6 is 0 Å². The molecule has 1 aromatic carbocycles. The van der Waals surface area contributed by atoms with Gasteiger partial charge in [-0.25, -0.2) is 9.07 Å². The summed E-state index contributed by atoms with van der Waals surface area (Å²) in [6.07, 6.45) is 3.60. The van der Waals surface area contributed by atoms with Crippen LogP contribution in [0.1, 0.15) is 47.9 Å². The lowest BCUT2D eigenvalue weighted by Crippen LogP contribution is -2.47. The first-order valence-electron chi connectivity index (χ1n) is 9.36. The number of fused-ring (bicyclic) bond motifs is 1. The molecule has 4 rings (SSSR count). The molecule has 0 bridgehead atoms. The second-order valence-corrected chi connectivity index (χ2v) is 7.41. The van der Waals surface area contributed by atoms with Crippen LogP contribution in [-0.2, 0) is 17.6 Å². The third-order valence-electron chi connectivity index (χ3n) is 5.71. The molecule has 1 fully saturated rings. The number of piperidine rings is 1. The summed E-state index contributed by atoms with van der Waals surface area (Å²) in [5.74, 6) is -2.05. The van der Waals surface area contributed by atoms with Crippen LogP contribution in [0.2, 0.25) is 0 Å². The van der Waals surface area contributed by atoms with Gasteiger partial charge in [0.05, 0.1) is 5.92 Å². The number of aromatic nitrogens is 2. The van der Waals surface area contributed by atoms with E-state index in [1.54, 1.807) is 27.8 Å². The van der Waals surface area contributed by atoms with Crippen molar-refractivity contribution in [1.82, 2.24) is 14.7 Å². The van der Waals surface area contributed by atoms with Gasteiger partial charge >= 0.3 is 5.97 Å². The van der Waals surface area contributed by atoms with E-state index < -0.39 is 11.9 Å². The lowest BCUT2D eigenvalue weighted by Gasteiger charge is -2.36. The number of amides is 1. The van der Waals surface area contributed by atoms with Gasteiger partial charge in [-0.2, -0.15) is 5.10 Å². The number of aliphatic carboxylic acids is 1. The first kappa shape index (κ1) is 17.7. The number of nitrogens with zero attached hydrogens (tertiary/aromatic N) is 3. The number of carbonyl (C=O) groups excluding carboxylic acids is 1. The van der Waals surface area contributed by atoms with Gasteiger partial charge in [0.2, 0.25) is 0 Å². The minimum absolute atomic E-state index is 0.0382. The number of carboxylic acids is 1. The number of hydrogen-bond donors (Lipinski definition) is 1. The number of halogens is 1. The van der Waals surface area contributed by atoms with Crippen molar-refractivity contribution in [3.05, 3.63) is 47.0 Å². The summed E-state index contributed by atoms with van der Waals surface area (Å²) in [5.41, 5.74) is 2.42. The maximum atomic E-state index is 14.3. The van der Waals surface area contributed by atoms with Gasteiger partial charge in [0, 0.05) is 23.8 Å². The Hall–Kier alpha value is -2.70. The standard InChI is InChI=1S/C20H22FN3O3/c1-12-9-10-13(20(26)27)11-23(12)19(25)18-14-5-4-8-16(14)24(22-18)17-7-3-2-6-15(17)21/h2-3,6-7,12-13H,4-5,8-11H2,1H3,(H,26,27). The highest BCUT2D eigenvalue weighted by Gasteiger charge is 2.36. The quantitative estimate of drug-likeness (QED) is 0.900. The van der Waals surface area contributed by atoms with Gasteiger partial charge in [-0.1, -0.05) is 12.1 Å². The molecule has 1 aliphatic heterocycles. The van der Waals surface area contributed by atoms with E-state index in [1.165, 1.54) is 6.07 Å². The molecule has 0 saturated carbocycles. The lowest BCUT2D eigenvalue weighted by molar-refractivity contribution is -0.143. The molecule has 1 aliphatic carbocycles. The van der Waals surface area contributed by atoms with Gasteiger partial charge in [0.1, 0.15) is 11.5 Å². The molecule has 0 radical (unpaired) electrons. The fraction of sp³-hybridized carbons (Fsp3) is 0.450. The Morgan fingerprint density at radius 2 is 2.00 bits per heavy atom. The van der Waals surface area contributed by atoms with Crippen molar-refractivity contribution in [3.8, 4) is 5.69 Å². The highest BCUT2D eigenvalue weighted by Crippen LogP contribution is 2.31. The van der Waals surface area contributed by atoms with Crippen LogP contribution in [0.15, 0.2) is 24.3 Å². The molecule has 2 unspecified atom stereocenters. The Labute approximate surface area is 156 Å². The summed E-state index contributed by atoms with van der Waals surface area (Å²) in [6, 6.07) is 6.36. The van der Waals surface area contributed by atoms with Crippen LogP contribution in [0.5, 0.6) is 0 Å². The summed E-state index contributed by atoms with van der Waals surface area (Å²) < 4.78 is 15.8. The Morgan fingerprint density at radius 1 is 1.22 bits per heavy atom. The first-order valence-corrected chi connectivity index (χ1v) is 9.36. The number of carboxylic acid groups (broad SMARTS) is 1. The molecule has 2 aromatic rings. The Morgan fingerprint density at radius 3 is 2.74 bits per heavy atom. The minimum atomic E-state index is -0.873. The van der Waals surface area contributed by atoms with E-state index in [9.17, 15) is 19.1 Å². The lowest BCUT2D eigenvalue weighted by atomic mass is 9.93. The second kappa shape index (κ2) is 6.79. The van der Waals surface area contributed by atoms with Gasteiger partial charge in [-0.15, -0.1) is 0 Å². The Balaban J connectivity index is 1.72. The molecule has 2 aliphatic rings. The molecular formula is C20H22FN3O3. The highest BCUT2D eigenvalue weighted by atomic mass is 19.1. The molecule has 1 amide bonds. The summed E-state index contributed by atoms with van der Waals surface area (Å²) in [5, 5.41) is 13.8. The third-order valence-corrected chi connectivity index (χ3v) is 5.71. The van der Waals surface area contributed by atoms with E-state index in [0.717, 1.165) is 30.5 Å². The van der Waals surface area contributed by atoms with Crippen LogP contribution in [0.25, 0.3) is 5.69 Å². The smallest absolute Gasteiger partial charge is 0.308 e. The molecule has 27 heavy (non-hydrogen) atoms. The van der Waals surface area contributed by atoms with Crippen molar-refractivity contribution in [2.45, 2.75) is 45.1 Å². The number of likely N-dealkylation sites (tertiary alicyclic amines) is 1. The Bertz CT molecular complexity index is 908. The summed E-state index contributed by atoms with van der Waals surface area (Å²) in [7, 11) is 0. The van der Waals surface area contributed by atoms with E-state index in [1.807, 2.05) is 6.92 Å². The van der Waals surface area contributed by atoms with Crippen molar-refractivity contribution < 1.29 is 19.1 Å². The number of carbonyl (C=O) groups is 2. The molecule has 0 spiro atoms. The van der Waals surface area contributed by atoms with Gasteiger partial charge in [-0.3, -0.25) is 9.59 Å². The van der Waals surface area contributed by atoms with Crippen molar-refractivity contribution in [1.29, 1.82) is 0 Å². The van der Waals surface area contributed by atoms with E-state index in [0.29, 0.717) is 24.2 Å². The molecule has 7 heteroatoms. The van der Waals surface area contributed by atoms with E-state index in [2.05, 4.69) is 5.10 Å². The SMILES string of the molecule is CC1CCC(C(=O)O)CN1C(=O)c1nn(-c2ccccc2F)c2c1CCC2. The Kier molecular flexibility index (Phi) is 4.45. The zero-order valence-corrected chi connectivity index (χ0v) is 15.2. The number of rotatable bonds is 3. The van der Waals surface area contributed by atoms with Crippen LogP contribution in [-0.4, -0.2) is 44.3 Å². The molecule has 6 nitrogen and oxygen atoms in total. The molecule has 1 saturated heterocycles. The maximum Gasteiger partial charge on any atom is 0.308 e. The topological polar surface area (TPSA) is 75.4 Å². The van der Waals surface area contributed by atoms with Gasteiger partial charge in [0.25, 0.3) is 5.91 Å². The number of para-hydroxylation sites is 1. The van der Waals surface area contributed by atoms with Gasteiger partial charge in [-0.05, 0) is 51.2 Å². The molecule has 1 aromatic heterocycles. The van der Waals surface area contributed by atoms with Crippen molar-refractivity contribution >= 4 is 11.9 Å². The first-order chi connectivity index (χ1) is 13.0. The highest BCUT2D eigenvalue weighted by molar-refractivity contribution is 5.95. The largest absolute Gasteiger partial charge is 0.481 e. The predicted molar refractivity (Wildman–Crippen MR) is 96.4 cm³/mol.